The molecule has 1 heterocycles. The van der Waals surface area contributed by atoms with Crippen molar-refractivity contribution in [1.29, 1.82) is 0 Å². The van der Waals surface area contributed by atoms with Gasteiger partial charge in [0.1, 0.15) is 5.41 Å². The fraction of sp³-hybridized carbons (Fsp3) is 0.571. The van der Waals surface area contributed by atoms with Gasteiger partial charge >= 0.3 is 0 Å². The smallest absolute Gasteiger partial charge is 0.237 e. The van der Waals surface area contributed by atoms with Crippen LogP contribution in [0.1, 0.15) is 37.0 Å². The molecule has 3 N–H and O–H groups in total. The monoisotopic (exact) mass is 293 g/mol. The summed E-state index contributed by atoms with van der Waals surface area (Å²) in [6.07, 6.45) is 4.46. The van der Waals surface area contributed by atoms with E-state index in [9.17, 15) is 4.79 Å². The van der Waals surface area contributed by atoms with E-state index in [0.717, 1.165) is 19.3 Å². The number of amidine groups is 1. The molecule has 0 unspecified atom stereocenters. The average Bonchev–Trinajstić information content (AvgIpc) is 3.11. The van der Waals surface area contributed by atoms with Crippen molar-refractivity contribution in [3.8, 4) is 0 Å². The van der Waals surface area contributed by atoms with Gasteiger partial charge < -0.3 is 15.8 Å². The van der Waals surface area contributed by atoms with Crippen LogP contribution in [0.3, 0.4) is 0 Å². The van der Waals surface area contributed by atoms with Crippen molar-refractivity contribution >= 4 is 23.1 Å². The molecule has 0 aliphatic heterocycles. The highest BCUT2D eigenvalue weighted by Crippen LogP contribution is 2.45. The standard InChI is InChI=1S/C14H19N3O2S/c15-12(16-19)14(6-2-7-14)13(18)17(10-4-5-10)9-11-3-1-8-20-11/h1,3,8,10,19H,2,4-7,9H2,(H2,15,16). The zero-order valence-corrected chi connectivity index (χ0v) is 12.1. The fourth-order valence-corrected chi connectivity index (χ4v) is 3.51. The van der Waals surface area contributed by atoms with Crippen molar-refractivity contribution < 1.29 is 10.0 Å². The molecule has 3 rings (SSSR count). The largest absolute Gasteiger partial charge is 0.409 e. The van der Waals surface area contributed by atoms with E-state index in [2.05, 4.69) is 5.16 Å². The highest BCUT2D eigenvalue weighted by molar-refractivity contribution is 7.09. The lowest BCUT2D eigenvalue weighted by Crippen LogP contribution is -2.55. The van der Waals surface area contributed by atoms with Crippen molar-refractivity contribution in [2.45, 2.75) is 44.7 Å². The van der Waals surface area contributed by atoms with E-state index in [1.807, 2.05) is 22.4 Å². The number of rotatable bonds is 5. The van der Waals surface area contributed by atoms with E-state index in [4.69, 9.17) is 10.9 Å². The molecule has 0 spiro atoms. The van der Waals surface area contributed by atoms with Gasteiger partial charge in [0.2, 0.25) is 5.91 Å². The van der Waals surface area contributed by atoms with Crippen LogP contribution in [0.15, 0.2) is 22.7 Å². The van der Waals surface area contributed by atoms with Crippen molar-refractivity contribution in [3.05, 3.63) is 22.4 Å². The molecule has 20 heavy (non-hydrogen) atoms. The summed E-state index contributed by atoms with van der Waals surface area (Å²) in [4.78, 5) is 16.0. The summed E-state index contributed by atoms with van der Waals surface area (Å²) in [6.45, 7) is 0.641. The highest BCUT2D eigenvalue weighted by Gasteiger charge is 2.52. The van der Waals surface area contributed by atoms with Gasteiger partial charge in [0.25, 0.3) is 0 Å². The number of hydrogen-bond donors (Lipinski definition) is 2. The molecule has 108 valence electrons. The Morgan fingerprint density at radius 1 is 1.55 bits per heavy atom. The van der Waals surface area contributed by atoms with Gasteiger partial charge in [-0.05, 0) is 37.1 Å². The molecule has 6 heteroatoms. The molecular weight excluding hydrogens is 274 g/mol. The molecule has 0 aromatic carbocycles. The molecule has 0 radical (unpaired) electrons. The maximum absolute atomic E-state index is 12.9. The van der Waals surface area contributed by atoms with Crippen LogP contribution < -0.4 is 5.73 Å². The third-order valence-electron chi connectivity index (χ3n) is 4.37. The predicted molar refractivity (Wildman–Crippen MR) is 77.6 cm³/mol. The number of thiophene rings is 1. The molecule has 0 saturated heterocycles. The molecule has 2 aliphatic rings. The molecule has 0 atom stereocenters. The number of carbonyl (C=O) groups is 1. The zero-order valence-electron chi connectivity index (χ0n) is 11.3. The summed E-state index contributed by atoms with van der Waals surface area (Å²) in [6, 6.07) is 4.37. The molecule has 1 aromatic rings. The molecule has 1 amide bonds. The topological polar surface area (TPSA) is 78.9 Å². The molecule has 2 saturated carbocycles. The van der Waals surface area contributed by atoms with E-state index in [1.165, 1.54) is 4.88 Å². The summed E-state index contributed by atoms with van der Waals surface area (Å²) >= 11 is 1.66. The first-order chi connectivity index (χ1) is 9.67. The average molecular weight is 293 g/mol. The second kappa shape index (κ2) is 5.09. The molecular formula is C14H19N3O2S. The van der Waals surface area contributed by atoms with Gasteiger partial charge in [0.05, 0.1) is 6.54 Å². The third kappa shape index (κ3) is 2.18. The van der Waals surface area contributed by atoms with Gasteiger partial charge in [-0.1, -0.05) is 17.6 Å². The lowest BCUT2D eigenvalue weighted by Gasteiger charge is -2.42. The minimum Gasteiger partial charge on any atom is -0.409 e. The lowest BCUT2D eigenvalue weighted by atomic mass is 9.66. The number of amides is 1. The second-order valence-electron chi connectivity index (χ2n) is 5.66. The van der Waals surface area contributed by atoms with Gasteiger partial charge in [-0.25, -0.2) is 0 Å². The molecule has 5 nitrogen and oxygen atoms in total. The fourth-order valence-electron chi connectivity index (χ4n) is 2.80. The Labute approximate surface area is 122 Å². The Hall–Kier alpha value is -1.56. The van der Waals surface area contributed by atoms with E-state index < -0.39 is 5.41 Å². The SMILES string of the molecule is N/C(=N/O)C1(C(=O)N(Cc2cccs2)C2CC2)CCC1. The number of oxime groups is 1. The number of nitrogens with two attached hydrogens (primary N) is 1. The van der Waals surface area contributed by atoms with Crippen molar-refractivity contribution in [2.24, 2.45) is 16.3 Å². The maximum atomic E-state index is 12.9. The van der Waals surface area contributed by atoms with Crippen LogP contribution in [0.5, 0.6) is 0 Å². The Kier molecular flexibility index (Phi) is 3.41. The first-order valence-electron chi connectivity index (χ1n) is 6.99. The van der Waals surface area contributed by atoms with Crippen LogP contribution in [-0.2, 0) is 11.3 Å². The van der Waals surface area contributed by atoms with Crippen LogP contribution in [0.25, 0.3) is 0 Å². The summed E-state index contributed by atoms with van der Waals surface area (Å²) < 4.78 is 0. The second-order valence-corrected chi connectivity index (χ2v) is 6.70. The summed E-state index contributed by atoms with van der Waals surface area (Å²) in [5.74, 6) is 0.112. The van der Waals surface area contributed by atoms with Crippen molar-refractivity contribution in [2.75, 3.05) is 0 Å². The molecule has 2 fully saturated rings. The number of carbonyl (C=O) groups excluding carboxylic acids is 1. The van der Waals surface area contributed by atoms with Crippen LogP contribution in [-0.4, -0.2) is 27.9 Å². The Balaban J connectivity index is 1.82. The van der Waals surface area contributed by atoms with Gasteiger partial charge in [0, 0.05) is 10.9 Å². The van der Waals surface area contributed by atoms with Crippen LogP contribution in [0.2, 0.25) is 0 Å². The Morgan fingerprint density at radius 2 is 2.30 bits per heavy atom. The van der Waals surface area contributed by atoms with Gasteiger partial charge in [-0.15, -0.1) is 11.3 Å². The molecule has 0 bridgehead atoms. The lowest BCUT2D eigenvalue weighted by molar-refractivity contribution is -0.143. The molecule has 2 aliphatic carbocycles. The first kappa shape index (κ1) is 13.4. The Bertz CT molecular complexity index is 519. The minimum atomic E-state index is -0.755. The van der Waals surface area contributed by atoms with Crippen LogP contribution in [0.4, 0.5) is 0 Å². The van der Waals surface area contributed by atoms with E-state index in [1.54, 1.807) is 11.3 Å². The van der Waals surface area contributed by atoms with E-state index in [0.29, 0.717) is 25.4 Å². The van der Waals surface area contributed by atoms with Crippen LogP contribution >= 0.6 is 11.3 Å². The van der Waals surface area contributed by atoms with Crippen molar-refractivity contribution in [1.82, 2.24) is 4.90 Å². The van der Waals surface area contributed by atoms with Gasteiger partial charge in [-0.2, -0.15) is 0 Å². The number of nitrogens with zero attached hydrogens (tertiary/aromatic N) is 2. The zero-order chi connectivity index (χ0) is 14.2. The quantitative estimate of drug-likeness (QED) is 0.378. The highest BCUT2D eigenvalue weighted by atomic mass is 32.1. The van der Waals surface area contributed by atoms with Crippen LogP contribution in [0, 0.1) is 5.41 Å². The summed E-state index contributed by atoms with van der Waals surface area (Å²) in [5, 5.41) is 14.1. The Morgan fingerprint density at radius 3 is 2.75 bits per heavy atom. The third-order valence-corrected chi connectivity index (χ3v) is 5.23. The summed E-state index contributed by atoms with van der Waals surface area (Å²) in [5.41, 5.74) is 5.05. The molecule has 1 aromatic heterocycles. The summed E-state index contributed by atoms with van der Waals surface area (Å²) in [7, 11) is 0. The van der Waals surface area contributed by atoms with Gasteiger partial charge in [-0.3, -0.25) is 4.79 Å². The predicted octanol–water partition coefficient (Wildman–Crippen LogP) is 2.16. The number of hydrogen-bond acceptors (Lipinski definition) is 4. The minimum absolute atomic E-state index is 0.0370. The normalized spacial score (nSPS) is 21.3. The van der Waals surface area contributed by atoms with E-state index in [-0.39, 0.29) is 11.7 Å². The first-order valence-corrected chi connectivity index (χ1v) is 7.87. The van der Waals surface area contributed by atoms with E-state index >= 15 is 0 Å². The van der Waals surface area contributed by atoms with Crippen molar-refractivity contribution in [3.63, 3.8) is 0 Å². The van der Waals surface area contributed by atoms with Gasteiger partial charge in [0.15, 0.2) is 5.84 Å². The maximum Gasteiger partial charge on any atom is 0.237 e.